The number of hydrogen-bond donors (Lipinski definition) is 0. The molecule has 0 saturated heterocycles. The molecule has 0 radical (unpaired) electrons. The highest BCUT2D eigenvalue weighted by atomic mass is 16.7. The van der Waals surface area contributed by atoms with Crippen molar-refractivity contribution in [2.75, 3.05) is 13.9 Å². The number of aryl methyl sites for hydroxylation is 2. The summed E-state index contributed by atoms with van der Waals surface area (Å²) in [6.07, 6.45) is 5.62. The van der Waals surface area contributed by atoms with Crippen LogP contribution in [0.25, 0.3) is 17.1 Å². The van der Waals surface area contributed by atoms with Gasteiger partial charge in [-0.2, -0.15) is 5.10 Å². The van der Waals surface area contributed by atoms with Gasteiger partial charge in [0, 0.05) is 31.7 Å². The van der Waals surface area contributed by atoms with E-state index in [4.69, 9.17) is 14.2 Å². The van der Waals surface area contributed by atoms with E-state index in [-0.39, 0.29) is 6.79 Å². The monoisotopic (exact) mass is 312 g/mol. The summed E-state index contributed by atoms with van der Waals surface area (Å²) in [6, 6.07) is 3.72. The Hall–Kier alpha value is -2.96. The zero-order valence-corrected chi connectivity index (χ0v) is 13.1. The fourth-order valence-corrected chi connectivity index (χ4v) is 2.79. The first-order valence-corrected chi connectivity index (χ1v) is 7.19. The predicted octanol–water partition coefficient (Wildman–Crippen LogP) is 2.32. The van der Waals surface area contributed by atoms with Crippen LogP contribution < -0.4 is 14.2 Å². The molecule has 0 bridgehead atoms. The maximum atomic E-state index is 5.51. The second-order valence-electron chi connectivity index (χ2n) is 5.30. The molecule has 3 heterocycles. The van der Waals surface area contributed by atoms with Crippen molar-refractivity contribution in [3.05, 3.63) is 36.4 Å². The minimum atomic E-state index is 0.220. The second kappa shape index (κ2) is 5.05. The van der Waals surface area contributed by atoms with Crippen molar-refractivity contribution in [1.82, 2.24) is 19.3 Å². The van der Waals surface area contributed by atoms with E-state index < -0.39 is 0 Å². The molecule has 2 aromatic heterocycles. The van der Waals surface area contributed by atoms with Crippen LogP contribution >= 0.6 is 0 Å². The number of nitrogens with zero attached hydrogens (tertiary/aromatic N) is 4. The van der Waals surface area contributed by atoms with Crippen molar-refractivity contribution in [2.45, 2.75) is 6.92 Å². The highest BCUT2D eigenvalue weighted by Gasteiger charge is 2.22. The lowest BCUT2D eigenvalue weighted by Gasteiger charge is -2.11. The lowest BCUT2D eigenvalue weighted by Crippen LogP contribution is -1.99. The Labute approximate surface area is 133 Å². The summed E-state index contributed by atoms with van der Waals surface area (Å²) < 4.78 is 20.2. The molecule has 4 rings (SSSR count). The first kappa shape index (κ1) is 13.7. The van der Waals surface area contributed by atoms with Gasteiger partial charge in [-0.15, -0.1) is 0 Å². The predicted molar refractivity (Wildman–Crippen MR) is 83.2 cm³/mol. The van der Waals surface area contributed by atoms with E-state index in [1.807, 2.05) is 43.1 Å². The van der Waals surface area contributed by atoms with Gasteiger partial charge in [0.1, 0.15) is 11.6 Å². The average molecular weight is 312 g/mol. The van der Waals surface area contributed by atoms with Crippen LogP contribution in [0.1, 0.15) is 5.69 Å². The third kappa shape index (κ3) is 2.12. The van der Waals surface area contributed by atoms with E-state index >= 15 is 0 Å². The molecule has 0 aliphatic carbocycles. The summed E-state index contributed by atoms with van der Waals surface area (Å²) in [4.78, 5) is 4.50. The molecular formula is C16H16N4O3. The van der Waals surface area contributed by atoms with Crippen LogP contribution in [0.5, 0.6) is 17.2 Å². The fourth-order valence-electron chi connectivity index (χ4n) is 2.79. The standard InChI is InChI=1S/C16H16N4O3/c1-10-12(8-19(2)18-10)20-5-4-17-16(20)11-6-14-15(23-9-22-14)7-13(11)21-3/h4-8H,9H2,1-3H3. The third-order valence-electron chi connectivity index (χ3n) is 3.82. The van der Waals surface area contributed by atoms with Crippen molar-refractivity contribution in [2.24, 2.45) is 7.05 Å². The molecule has 1 aliphatic rings. The first-order valence-electron chi connectivity index (χ1n) is 7.19. The van der Waals surface area contributed by atoms with Gasteiger partial charge in [-0.3, -0.25) is 9.25 Å². The van der Waals surface area contributed by atoms with Gasteiger partial charge in [-0.1, -0.05) is 0 Å². The zero-order valence-electron chi connectivity index (χ0n) is 13.1. The van der Waals surface area contributed by atoms with Gasteiger partial charge in [0.15, 0.2) is 11.5 Å². The van der Waals surface area contributed by atoms with Crippen molar-refractivity contribution >= 4 is 0 Å². The second-order valence-corrected chi connectivity index (χ2v) is 5.30. The number of hydrogen-bond acceptors (Lipinski definition) is 5. The molecule has 118 valence electrons. The lowest BCUT2D eigenvalue weighted by molar-refractivity contribution is 0.174. The molecule has 0 saturated carbocycles. The minimum absolute atomic E-state index is 0.220. The third-order valence-corrected chi connectivity index (χ3v) is 3.82. The molecule has 7 nitrogen and oxygen atoms in total. The van der Waals surface area contributed by atoms with Crippen LogP contribution in [-0.2, 0) is 7.05 Å². The summed E-state index contributed by atoms with van der Waals surface area (Å²) >= 11 is 0. The van der Waals surface area contributed by atoms with Gasteiger partial charge in [-0.25, -0.2) is 4.98 Å². The molecule has 1 aliphatic heterocycles. The summed E-state index contributed by atoms with van der Waals surface area (Å²) in [5.41, 5.74) is 2.73. The Morgan fingerprint density at radius 3 is 2.70 bits per heavy atom. The summed E-state index contributed by atoms with van der Waals surface area (Å²) in [5, 5.41) is 4.39. The van der Waals surface area contributed by atoms with E-state index in [1.54, 1.807) is 18.0 Å². The van der Waals surface area contributed by atoms with Crippen molar-refractivity contribution in [3.63, 3.8) is 0 Å². The average Bonchev–Trinajstić information content (AvgIpc) is 3.24. The molecule has 0 N–H and O–H groups in total. The van der Waals surface area contributed by atoms with Crippen LogP contribution in [-0.4, -0.2) is 33.2 Å². The smallest absolute Gasteiger partial charge is 0.231 e. The number of methoxy groups -OCH3 is 1. The Kier molecular flexibility index (Phi) is 3.00. The van der Waals surface area contributed by atoms with E-state index in [2.05, 4.69) is 10.1 Å². The van der Waals surface area contributed by atoms with Crippen molar-refractivity contribution < 1.29 is 14.2 Å². The first-order chi connectivity index (χ1) is 11.2. The highest BCUT2D eigenvalue weighted by molar-refractivity contribution is 5.71. The maximum Gasteiger partial charge on any atom is 0.231 e. The maximum absolute atomic E-state index is 5.51. The molecule has 0 unspecified atom stereocenters. The molecule has 0 amide bonds. The van der Waals surface area contributed by atoms with Crippen LogP contribution in [0.15, 0.2) is 30.7 Å². The van der Waals surface area contributed by atoms with Gasteiger partial charge in [0.2, 0.25) is 6.79 Å². The Morgan fingerprint density at radius 2 is 2.00 bits per heavy atom. The Morgan fingerprint density at radius 1 is 1.22 bits per heavy atom. The van der Waals surface area contributed by atoms with E-state index in [9.17, 15) is 0 Å². The molecule has 0 spiro atoms. The van der Waals surface area contributed by atoms with Crippen molar-refractivity contribution in [3.8, 4) is 34.3 Å². The number of imidazole rings is 1. The van der Waals surface area contributed by atoms with Crippen LogP contribution in [0.4, 0.5) is 0 Å². The zero-order chi connectivity index (χ0) is 16.0. The quantitative estimate of drug-likeness (QED) is 0.742. The number of ether oxygens (including phenoxy) is 3. The minimum Gasteiger partial charge on any atom is -0.496 e. The van der Waals surface area contributed by atoms with Crippen LogP contribution in [0, 0.1) is 6.92 Å². The van der Waals surface area contributed by atoms with Gasteiger partial charge < -0.3 is 14.2 Å². The molecule has 3 aromatic rings. The van der Waals surface area contributed by atoms with Crippen LogP contribution in [0.2, 0.25) is 0 Å². The molecule has 1 aromatic carbocycles. The van der Waals surface area contributed by atoms with Gasteiger partial charge in [0.25, 0.3) is 0 Å². The van der Waals surface area contributed by atoms with E-state index in [0.717, 1.165) is 22.8 Å². The molecule has 0 atom stereocenters. The Balaban J connectivity index is 1.90. The summed E-state index contributed by atoms with van der Waals surface area (Å²) in [6.45, 7) is 2.19. The fraction of sp³-hybridized carbons (Fsp3) is 0.250. The number of fused-ring (bicyclic) bond motifs is 1. The van der Waals surface area contributed by atoms with Crippen LogP contribution in [0.3, 0.4) is 0 Å². The van der Waals surface area contributed by atoms with Crippen molar-refractivity contribution in [1.29, 1.82) is 0 Å². The highest BCUT2D eigenvalue weighted by Crippen LogP contribution is 2.42. The largest absolute Gasteiger partial charge is 0.496 e. The van der Waals surface area contributed by atoms with Gasteiger partial charge >= 0.3 is 0 Å². The Bertz CT molecular complexity index is 882. The normalized spacial score (nSPS) is 12.7. The summed E-state index contributed by atoms with van der Waals surface area (Å²) in [7, 11) is 3.53. The van der Waals surface area contributed by atoms with Gasteiger partial charge in [0.05, 0.1) is 24.1 Å². The molecule has 0 fully saturated rings. The number of rotatable bonds is 3. The molecule has 23 heavy (non-hydrogen) atoms. The number of benzene rings is 1. The summed E-state index contributed by atoms with van der Waals surface area (Å²) in [5.74, 6) is 2.82. The topological polar surface area (TPSA) is 63.3 Å². The lowest BCUT2D eigenvalue weighted by atomic mass is 10.1. The molecular weight excluding hydrogens is 296 g/mol. The molecule has 7 heteroatoms. The SMILES string of the molecule is COc1cc2c(cc1-c1nccn1-c1cn(C)nc1C)OCO2. The van der Waals surface area contributed by atoms with Gasteiger partial charge in [-0.05, 0) is 13.0 Å². The number of aromatic nitrogens is 4. The van der Waals surface area contributed by atoms with E-state index in [0.29, 0.717) is 17.2 Å². The van der Waals surface area contributed by atoms with E-state index in [1.165, 1.54) is 0 Å².